The summed E-state index contributed by atoms with van der Waals surface area (Å²) >= 11 is 0. The molecule has 114 valence electrons. The molecule has 2 atom stereocenters. The molecule has 2 N–H and O–H groups in total. The summed E-state index contributed by atoms with van der Waals surface area (Å²) in [5.41, 5.74) is 0.677. The smallest absolute Gasteiger partial charge is 0.123 e. The summed E-state index contributed by atoms with van der Waals surface area (Å²) in [7, 11) is 0. The highest BCUT2D eigenvalue weighted by atomic mass is 19.1. The Morgan fingerprint density at radius 1 is 1.10 bits per heavy atom. The zero-order chi connectivity index (χ0) is 14.4. The monoisotopic (exact) mass is 289 g/mol. The standard InChI is InChI=1S/C18H24FNO/c19-15-1-3-16(4-2-15)20-6-5-17-13-7-12-8-14(17)11-18(21,9-12)10-13/h1-4,12-14,17,20-21H,5-11H2. The van der Waals surface area contributed by atoms with Crippen LogP contribution in [-0.4, -0.2) is 17.3 Å². The Bertz CT molecular complexity index is 498. The van der Waals surface area contributed by atoms with Gasteiger partial charge in [0.15, 0.2) is 0 Å². The van der Waals surface area contributed by atoms with E-state index >= 15 is 0 Å². The van der Waals surface area contributed by atoms with Crippen LogP contribution in [0.4, 0.5) is 10.1 Å². The summed E-state index contributed by atoms with van der Waals surface area (Å²) in [5, 5.41) is 14.0. The predicted octanol–water partition coefficient (Wildman–Crippen LogP) is 3.81. The SMILES string of the molecule is OC12CC3CC(C1)C(CCNc1ccc(F)cc1)C(C3)C2. The third kappa shape index (κ3) is 2.57. The topological polar surface area (TPSA) is 32.3 Å². The minimum atomic E-state index is -0.322. The quantitative estimate of drug-likeness (QED) is 0.883. The molecule has 4 aliphatic rings. The molecule has 0 amide bonds. The highest BCUT2D eigenvalue weighted by Gasteiger charge is 2.54. The van der Waals surface area contributed by atoms with Crippen LogP contribution in [0, 0.1) is 29.5 Å². The van der Waals surface area contributed by atoms with Crippen LogP contribution in [0.3, 0.4) is 0 Å². The van der Waals surface area contributed by atoms with Crippen LogP contribution in [0.15, 0.2) is 24.3 Å². The van der Waals surface area contributed by atoms with E-state index in [-0.39, 0.29) is 11.4 Å². The third-order valence-corrected chi connectivity index (χ3v) is 6.09. The molecule has 3 heteroatoms. The molecular formula is C18H24FNO. The fraction of sp³-hybridized carbons (Fsp3) is 0.667. The molecule has 21 heavy (non-hydrogen) atoms. The van der Waals surface area contributed by atoms with Crippen molar-refractivity contribution >= 4 is 5.69 Å². The molecule has 0 aliphatic heterocycles. The molecule has 2 unspecified atom stereocenters. The Balaban J connectivity index is 1.34. The maximum atomic E-state index is 12.9. The van der Waals surface area contributed by atoms with Gasteiger partial charge in [0.05, 0.1) is 5.60 Å². The van der Waals surface area contributed by atoms with Crippen molar-refractivity contribution in [2.24, 2.45) is 23.7 Å². The molecule has 0 aromatic heterocycles. The Morgan fingerprint density at radius 2 is 1.76 bits per heavy atom. The Morgan fingerprint density at radius 3 is 2.38 bits per heavy atom. The van der Waals surface area contributed by atoms with Crippen molar-refractivity contribution in [3.05, 3.63) is 30.1 Å². The number of halogens is 1. The Hall–Kier alpha value is -1.09. The first kappa shape index (κ1) is 13.6. The van der Waals surface area contributed by atoms with Crippen LogP contribution in [0.25, 0.3) is 0 Å². The summed E-state index contributed by atoms with van der Waals surface area (Å²) in [4.78, 5) is 0. The highest BCUT2D eigenvalue weighted by molar-refractivity contribution is 5.42. The van der Waals surface area contributed by atoms with E-state index < -0.39 is 0 Å². The number of nitrogens with one attached hydrogen (secondary N) is 1. The van der Waals surface area contributed by atoms with Crippen molar-refractivity contribution in [1.82, 2.24) is 0 Å². The van der Waals surface area contributed by atoms with Crippen molar-refractivity contribution in [2.75, 3.05) is 11.9 Å². The molecular weight excluding hydrogens is 265 g/mol. The van der Waals surface area contributed by atoms with Gasteiger partial charge in [-0.1, -0.05) is 0 Å². The van der Waals surface area contributed by atoms with E-state index in [9.17, 15) is 9.50 Å². The van der Waals surface area contributed by atoms with Crippen molar-refractivity contribution in [3.63, 3.8) is 0 Å². The number of anilines is 1. The van der Waals surface area contributed by atoms with Gasteiger partial charge in [-0.3, -0.25) is 0 Å². The van der Waals surface area contributed by atoms with E-state index in [1.54, 1.807) is 12.1 Å². The predicted molar refractivity (Wildman–Crippen MR) is 81.5 cm³/mol. The fourth-order valence-electron chi connectivity index (χ4n) is 5.51. The molecule has 0 saturated heterocycles. The summed E-state index contributed by atoms with van der Waals surface area (Å²) in [6.07, 6.45) is 6.96. The van der Waals surface area contributed by atoms with Crippen molar-refractivity contribution in [1.29, 1.82) is 0 Å². The number of rotatable bonds is 4. The van der Waals surface area contributed by atoms with Crippen molar-refractivity contribution < 1.29 is 9.50 Å². The molecule has 4 saturated carbocycles. The molecule has 4 bridgehead atoms. The maximum absolute atomic E-state index is 12.9. The van der Waals surface area contributed by atoms with Crippen molar-refractivity contribution in [3.8, 4) is 0 Å². The van der Waals surface area contributed by atoms with Crippen LogP contribution in [0.2, 0.25) is 0 Å². The van der Waals surface area contributed by atoms with Gasteiger partial charge in [-0.25, -0.2) is 4.39 Å². The Kier molecular flexibility index (Phi) is 3.21. The van der Waals surface area contributed by atoms with Crippen LogP contribution in [0.1, 0.15) is 38.5 Å². The maximum Gasteiger partial charge on any atom is 0.123 e. The second kappa shape index (κ2) is 4.98. The summed E-state index contributed by atoms with van der Waals surface area (Å²) < 4.78 is 12.9. The van der Waals surface area contributed by atoms with Crippen LogP contribution in [-0.2, 0) is 0 Å². The van der Waals surface area contributed by atoms with Gasteiger partial charge in [0.25, 0.3) is 0 Å². The lowest BCUT2D eigenvalue weighted by Crippen LogP contribution is -2.54. The lowest BCUT2D eigenvalue weighted by atomic mass is 9.49. The first-order valence-electron chi connectivity index (χ1n) is 8.33. The second-order valence-corrected chi connectivity index (χ2v) is 7.58. The van der Waals surface area contributed by atoms with Crippen LogP contribution in [0.5, 0.6) is 0 Å². The third-order valence-electron chi connectivity index (χ3n) is 6.09. The zero-order valence-electron chi connectivity index (χ0n) is 12.4. The number of hydrogen-bond donors (Lipinski definition) is 2. The summed E-state index contributed by atoms with van der Waals surface area (Å²) in [6, 6.07) is 6.60. The van der Waals surface area contributed by atoms with E-state index in [1.165, 1.54) is 31.4 Å². The molecule has 0 heterocycles. The van der Waals surface area contributed by atoms with Gasteiger partial charge in [0.1, 0.15) is 5.82 Å². The number of hydrogen-bond acceptors (Lipinski definition) is 2. The first-order valence-corrected chi connectivity index (χ1v) is 8.33. The molecule has 0 spiro atoms. The van der Waals surface area contributed by atoms with Gasteiger partial charge in [-0.15, -0.1) is 0 Å². The molecule has 5 rings (SSSR count). The molecule has 1 aromatic rings. The van der Waals surface area contributed by atoms with E-state index in [0.717, 1.165) is 55.2 Å². The van der Waals surface area contributed by atoms with Crippen LogP contribution >= 0.6 is 0 Å². The average molecular weight is 289 g/mol. The molecule has 0 radical (unpaired) electrons. The summed E-state index contributed by atoms with van der Waals surface area (Å²) in [6.45, 7) is 0.951. The van der Waals surface area contributed by atoms with Gasteiger partial charge in [-0.05, 0) is 86.5 Å². The zero-order valence-corrected chi connectivity index (χ0v) is 12.4. The van der Waals surface area contributed by atoms with E-state index in [2.05, 4.69) is 5.32 Å². The minimum absolute atomic E-state index is 0.185. The van der Waals surface area contributed by atoms with E-state index in [1.807, 2.05) is 0 Å². The largest absolute Gasteiger partial charge is 0.390 e. The van der Waals surface area contributed by atoms with Gasteiger partial charge in [-0.2, -0.15) is 0 Å². The fourth-order valence-corrected chi connectivity index (χ4v) is 5.51. The number of benzene rings is 1. The molecule has 1 aromatic carbocycles. The van der Waals surface area contributed by atoms with Gasteiger partial charge >= 0.3 is 0 Å². The van der Waals surface area contributed by atoms with Gasteiger partial charge in [0.2, 0.25) is 0 Å². The molecule has 4 fully saturated rings. The minimum Gasteiger partial charge on any atom is -0.390 e. The van der Waals surface area contributed by atoms with E-state index in [0.29, 0.717) is 0 Å². The van der Waals surface area contributed by atoms with Crippen molar-refractivity contribution in [2.45, 2.75) is 44.1 Å². The lowest BCUT2D eigenvalue weighted by Gasteiger charge is -2.58. The van der Waals surface area contributed by atoms with E-state index in [4.69, 9.17) is 0 Å². The first-order chi connectivity index (χ1) is 10.1. The molecule has 4 aliphatic carbocycles. The number of aliphatic hydroxyl groups is 1. The second-order valence-electron chi connectivity index (χ2n) is 7.58. The Labute approximate surface area is 125 Å². The van der Waals surface area contributed by atoms with Gasteiger partial charge in [0, 0.05) is 12.2 Å². The van der Waals surface area contributed by atoms with Crippen LogP contribution < -0.4 is 5.32 Å². The van der Waals surface area contributed by atoms with Gasteiger partial charge < -0.3 is 10.4 Å². The highest BCUT2D eigenvalue weighted by Crippen LogP contribution is 2.58. The average Bonchev–Trinajstić information content (AvgIpc) is 2.42. The normalized spacial score (nSPS) is 40.5. The summed E-state index contributed by atoms with van der Waals surface area (Å²) in [5.74, 6) is 2.84. The lowest BCUT2D eigenvalue weighted by molar-refractivity contribution is -0.152. The molecule has 2 nitrogen and oxygen atoms in total.